The molecular weight excluding hydrogens is 264 g/mol. The van der Waals surface area contributed by atoms with Crippen LogP contribution in [0, 0.1) is 13.8 Å². The normalized spacial score (nSPS) is 10.2. The van der Waals surface area contributed by atoms with Crippen molar-refractivity contribution in [3.63, 3.8) is 0 Å². The molecule has 2 aromatic carbocycles. The second-order valence-corrected chi connectivity index (χ2v) is 4.97. The van der Waals surface area contributed by atoms with Crippen molar-refractivity contribution in [3.05, 3.63) is 53.6 Å². The second-order valence-electron chi connectivity index (χ2n) is 4.97. The highest BCUT2D eigenvalue weighted by molar-refractivity contribution is 5.90. The van der Waals surface area contributed by atoms with Gasteiger partial charge in [-0.05, 0) is 55.3 Å². The Bertz CT molecular complexity index is 621. The number of carbonyl (C=O) groups is 1. The number of anilines is 2. The van der Waals surface area contributed by atoms with Gasteiger partial charge in [-0.2, -0.15) is 0 Å². The molecule has 0 atom stereocenters. The number of rotatable bonds is 5. The predicted molar refractivity (Wildman–Crippen MR) is 85.5 cm³/mol. The first-order valence-electron chi connectivity index (χ1n) is 6.90. The first kappa shape index (κ1) is 14.9. The van der Waals surface area contributed by atoms with Gasteiger partial charge in [0, 0.05) is 11.4 Å². The number of nitrogens with two attached hydrogens (primary N) is 1. The van der Waals surface area contributed by atoms with Crippen LogP contribution in [0.3, 0.4) is 0 Å². The molecule has 0 bridgehead atoms. The van der Waals surface area contributed by atoms with Gasteiger partial charge in [0.05, 0.1) is 13.0 Å². The van der Waals surface area contributed by atoms with Gasteiger partial charge in [-0.25, -0.2) is 0 Å². The van der Waals surface area contributed by atoms with Crippen LogP contribution in [0.25, 0.3) is 0 Å². The first-order chi connectivity index (χ1) is 10.1. The molecule has 0 saturated carbocycles. The average molecular weight is 284 g/mol. The molecule has 2 aromatic rings. The lowest BCUT2D eigenvalue weighted by molar-refractivity contribution is -0.116. The highest BCUT2D eigenvalue weighted by Crippen LogP contribution is 2.20. The van der Waals surface area contributed by atoms with Crippen molar-refractivity contribution in [2.45, 2.75) is 20.3 Å². The summed E-state index contributed by atoms with van der Waals surface area (Å²) in [6.45, 7) is 4.40. The lowest BCUT2D eigenvalue weighted by Crippen LogP contribution is -2.15. The van der Waals surface area contributed by atoms with Crippen LogP contribution in [0.15, 0.2) is 42.5 Å². The van der Waals surface area contributed by atoms with E-state index in [2.05, 4.69) is 5.32 Å². The molecule has 1 amide bonds. The summed E-state index contributed by atoms with van der Waals surface area (Å²) in [5.41, 5.74) is 9.29. The predicted octanol–water partition coefficient (Wildman–Crippen LogP) is 3.29. The van der Waals surface area contributed by atoms with Crippen LogP contribution < -0.4 is 15.8 Å². The molecule has 3 N–H and O–H groups in total. The van der Waals surface area contributed by atoms with Gasteiger partial charge in [-0.3, -0.25) is 4.79 Å². The van der Waals surface area contributed by atoms with Crippen molar-refractivity contribution >= 4 is 17.3 Å². The molecule has 0 heterocycles. The topological polar surface area (TPSA) is 64.3 Å². The zero-order valence-corrected chi connectivity index (χ0v) is 12.3. The maximum absolute atomic E-state index is 11.8. The van der Waals surface area contributed by atoms with Gasteiger partial charge in [0.2, 0.25) is 5.91 Å². The van der Waals surface area contributed by atoms with E-state index in [4.69, 9.17) is 10.5 Å². The molecule has 2 rings (SSSR count). The summed E-state index contributed by atoms with van der Waals surface area (Å²) in [6, 6.07) is 13.0. The van der Waals surface area contributed by atoms with Crippen LogP contribution in [0.5, 0.6) is 5.75 Å². The Morgan fingerprint density at radius 2 is 1.86 bits per heavy atom. The summed E-state index contributed by atoms with van der Waals surface area (Å²) >= 11 is 0. The van der Waals surface area contributed by atoms with Gasteiger partial charge in [-0.1, -0.05) is 12.1 Å². The van der Waals surface area contributed by atoms with Crippen LogP contribution in [0.1, 0.15) is 17.5 Å². The fourth-order valence-corrected chi connectivity index (χ4v) is 1.92. The summed E-state index contributed by atoms with van der Waals surface area (Å²) in [7, 11) is 0. The minimum Gasteiger partial charge on any atom is -0.493 e. The second kappa shape index (κ2) is 6.79. The minimum absolute atomic E-state index is 0.0786. The van der Waals surface area contributed by atoms with E-state index in [1.165, 1.54) is 5.56 Å². The molecule has 0 aromatic heterocycles. The number of hydrogen-bond donors (Lipinski definition) is 2. The molecular formula is C17H20N2O2. The molecule has 0 spiro atoms. The zero-order valence-electron chi connectivity index (χ0n) is 12.3. The Morgan fingerprint density at radius 1 is 1.14 bits per heavy atom. The number of benzene rings is 2. The highest BCUT2D eigenvalue weighted by atomic mass is 16.5. The fourth-order valence-electron chi connectivity index (χ4n) is 1.92. The van der Waals surface area contributed by atoms with Gasteiger partial charge >= 0.3 is 0 Å². The first-order valence-corrected chi connectivity index (χ1v) is 6.90. The summed E-state index contributed by atoms with van der Waals surface area (Å²) in [4.78, 5) is 11.8. The smallest absolute Gasteiger partial charge is 0.227 e. The number of carbonyl (C=O) groups excluding carboxylic acids is 1. The average Bonchev–Trinajstić information content (AvgIpc) is 2.46. The fraction of sp³-hybridized carbons (Fsp3) is 0.235. The molecule has 110 valence electrons. The van der Waals surface area contributed by atoms with Gasteiger partial charge in [0.1, 0.15) is 5.75 Å². The summed E-state index contributed by atoms with van der Waals surface area (Å²) in [5.74, 6) is 0.750. The van der Waals surface area contributed by atoms with Crippen molar-refractivity contribution in [1.29, 1.82) is 0 Å². The van der Waals surface area contributed by atoms with Crippen molar-refractivity contribution in [2.24, 2.45) is 0 Å². The van der Waals surface area contributed by atoms with Crippen LogP contribution in [-0.2, 0) is 4.79 Å². The zero-order chi connectivity index (χ0) is 15.2. The third-order valence-corrected chi connectivity index (χ3v) is 3.34. The Balaban J connectivity index is 1.81. The van der Waals surface area contributed by atoms with Gasteiger partial charge in [-0.15, -0.1) is 0 Å². The third kappa shape index (κ3) is 4.24. The number of ether oxygens (including phenoxy) is 1. The van der Waals surface area contributed by atoms with E-state index in [1.54, 1.807) is 24.3 Å². The number of amides is 1. The molecule has 0 fully saturated rings. The number of nitrogen functional groups attached to an aromatic ring is 1. The molecule has 4 heteroatoms. The molecule has 0 aliphatic carbocycles. The van der Waals surface area contributed by atoms with Crippen molar-refractivity contribution in [3.8, 4) is 5.75 Å². The molecule has 0 unspecified atom stereocenters. The van der Waals surface area contributed by atoms with E-state index in [9.17, 15) is 4.79 Å². The van der Waals surface area contributed by atoms with Crippen LogP contribution in [-0.4, -0.2) is 12.5 Å². The van der Waals surface area contributed by atoms with Crippen molar-refractivity contribution in [2.75, 3.05) is 17.7 Å². The van der Waals surface area contributed by atoms with Gasteiger partial charge < -0.3 is 15.8 Å². The molecule has 0 radical (unpaired) electrons. The van der Waals surface area contributed by atoms with Crippen molar-refractivity contribution in [1.82, 2.24) is 0 Å². The maximum Gasteiger partial charge on any atom is 0.227 e. The molecule has 0 saturated heterocycles. The van der Waals surface area contributed by atoms with E-state index in [0.717, 1.165) is 17.0 Å². The quantitative estimate of drug-likeness (QED) is 0.828. The summed E-state index contributed by atoms with van der Waals surface area (Å²) in [5, 5.41) is 2.81. The Kier molecular flexibility index (Phi) is 4.82. The van der Waals surface area contributed by atoms with E-state index in [-0.39, 0.29) is 5.91 Å². The van der Waals surface area contributed by atoms with Crippen LogP contribution in [0.4, 0.5) is 11.4 Å². The van der Waals surface area contributed by atoms with Crippen LogP contribution >= 0.6 is 0 Å². The van der Waals surface area contributed by atoms with Gasteiger partial charge in [0.25, 0.3) is 0 Å². The van der Waals surface area contributed by atoms with E-state index in [0.29, 0.717) is 18.7 Å². The highest BCUT2D eigenvalue weighted by Gasteiger charge is 2.05. The maximum atomic E-state index is 11.8. The third-order valence-electron chi connectivity index (χ3n) is 3.34. The summed E-state index contributed by atoms with van der Waals surface area (Å²) in [6.07, 6.45) is 0.303. The monoisotopic (exact) mass is 284 g/mol. The lowest BCUT2D eigenvalue weighted by atomic mass is 10.1. The van der Waals surface area contributed by atoms with Gasteiger partial charge in [0.15, 0.2) is 0 Å². The number of aryl methyl sites for hydroxylation is 1. The number of hydrogen-bond acceptors (Lipinski definition) is 3. The number of nitrogens with one attached hydrogen (secondary N) is 1. The Morgan fingerprint density at radius 3 is 2.57 bits per heavy atom. The lowest BCUT2D eigenvalue weighted by Gasteiger charge is -2.11. The largest absolute Gasteiger partial charge is 0.493 e. The van der Waals surface area contributed by atoms with E-state index >= 15 is 0 Å². The molecule has 4 nitrogen and oxygen atoms in total. The van der Waals surface area contributed by atoms with Crippen molar-refractivity contribution < 1.29 is 9.53 Å². The SMILES string of the molecule is Cc1cccc(OCCC(=O)Nc2ccc(N)cc2)c1C. The molecule has 0 aliphatic heterocycles. The Hall–Kier alpha value is -2.49. The molecule has 0 aliphatic rings. The standard InChI is InChI=1S/C17H20N2O2/c1-12-4-3-5-16(13(12)2)21-11-10-17(20)19-15-8-6-14(18)7-9-15/h3-9H,10-11,18H2,1-2H3,(H,19,20). The minimum atomic E-state index is -0.0786. The Labute approximate surface area is 124 Å². The van der Waals surface area contributed by atoms with E-state index < -0.39 is 0 Å². The molecule has 21 heavy (non-hydrogen) atoms. The van der Waals surface area contributed by atoms with E-state index in [1.807, 2.05) is 32.0 Å². The summed E-state index contributed by atoms with van der Waals surface area (Å²) < 4.78 is 5.66. The van der Waals surface area contributed by atoms with Crippen LogP contribution in [0.2, 0.25) is 0 Å².